The molecule has 0 aliphatic carbocycles. The Bertz CT molecular complexity index is 498. The third kappa shape index (κ3) is 2.99. The van der Waals surface area contributed by atoms with E-state index in [1.165, 1.54) is 5.56 Å². The number of pyridine rings is 1. The lowest BCUT2D eigenvalue weighted by atomic mass is 10.1. The second-order valence-corrected chi connectivity index (χ2v) is 5.30. The minimum absolute atomic E-state index is 0.0440. The van der Waals surface area contributed by atoms with E-state index in [0.29, 0.717) is 0 Å². The summed E-state index contributed by atoms with van der Waals surface area (Å²) in [5.74, 6) is 0.869. The Balaban J connectivity index is 2.11. The first kappa shape index (κ1) is 12.4. The third-order valence-electron chi connectivity index (χ3n) is 2.63. The monoisotopic (exact) mass is 267 g/mol. The number of hydrogen-bond acceptors (Lipinski definition) is 3. The Morgan fingerprint density at radius 1 is 1.53 bits per heavy atom. The number of ether oxygens (including phenoxy) is 1. The quantitative estimate of drug-likeness (QED) is 0.782. The van der Waals surface area contributed by atoms with Gasteiger partial charge < -0.3 is 4.74 Å². The number of hydrogen-bond donors (Lipinski definition) is 0. The van der Waals surface area contributed by atoms with Crippen molar-refractivity contribution >= 4 is 22.9 Å². The van der Waals surface area contributed by atoms with E-state index in [1.807, 2.05) is 17.5 Å². The van der Waals surface area contributed by atoms with Gasteiger partial charge in [0.25, 0.3) is 0 Å². The maximum atomic E-state index is 6.40. The molecule has 1 atom stereocenters. The number of nitrogens with zero attached hydrogens (tertiary/aromatic N) is 1. The Labute approximate surface area is 110 Å². The molecule has 2 heterocycles. The summed E-state index contributed by atoms with van der Waals surface area (Å²) < 4.78 is 5.16. The summed E-state index contributed by atoms with van der Waals surface area (Å²) in [7, 11) is 1.66. The summed E-state index contributed by atoms with van der Waals surface area (Å²) in [6.45, 7) is 2.06. The van der Waals surface area contributed by atoms with Gasteiger partial charge >= 0.3 is 0 Å². The van der Waals surface area contributed by atoms with Gasteiger partial charge in [-0.3, -0.25) is 4.98 Å². The van der Waals surface area contributed by atoms with Crippen LogP contribution in [0, 0.1) is 6.92 Å². The first-order valence-corrected chi connectivity index (χ1v) is 6.69. The molecule has 2 nitrogen and oxygen atoms in total. The van der Waals surface area contributed by atoms with Crippen molar-refractivity contribution in [1.82, 2.24) is 4.98 Å². The number of rotatable bonds is 4. The van der Waals surface area contributed by atoms with Gasteiger partial charge in [0.15, 0.2) is 0 Å². The molecule has 0 saturated heterocycles. The molecular formula is C13H14ClNOS. The van der Waals surface area contributed by atoms with E-state index in [2.05, 4.69) is 18.0 Å². The zero-order valence-corrected chi connectivity index (χ0v) is 11.4. The maximum absolute atomic E-state index is 6.40. The summed E-state index contributed by atoms with van der Waals surface area (Å²) >= 11 is 8.02. The number of methoxy groups -OCH3 is 1. The molecule has 2 aromatic rings. The van der Waals surface area contributed by atoms with Crippen molar-refractivity contribution in [3.8, 4) is 5.75 Å². The topological polar surface area (TPSA) is 22.1 Å². The lowest BCUT2D eigenvalue weighted by molar-refractivity contribution is 0.416. The molecule has 1 unspecified atom stereocenters. The summed E-state index contributed by atoms with van der Waals surface area (Å²) in [5, 5.41) is 1.92. The van der Waals surface area contributed by atoms with Crippen molar-refractivity contribution in [1.29, 1.82) is 0 Å². The summed E-state index contributed by atoms with van der Waals surface area (Å²) in [5.41, 5.74) is 2.24. The average molecular weight is 268 g/mol. The van der Waals surface area contributed by atoms with Crippen molar-refractivity contribution in [2.75, 3.05) is 7.11 Å². The molecule has 0 N–H and O–H groups in total. The number of thiophene rings is 1. The average Bonchev–Trinajstić information content (AvgIpc) is 2.81. The van der Waals surface area contributed by atoms with Gasteiger partial charge in [-0.25, -0.2) is 0 Å². The minimum Gasteiger partial charge on any atom is -0.496 e. The third-order valence-corrected chi connectivity index (χ3v) is 4.17. The molecule has 2 aromatic heterocycles. The van der Waals surface area contributed by atoms with Gasteiger partial charge in [0.1, 0.15) is 5.75 Å². The molecular weight excluding hydrogens is 254 g/mol. The fourth-order valence-corrected chi connectivity index (χ4v) is 2.80. The fourth-order valence-electron chi connectivity index (χ4n) is 1.61. The SMILES string of the molecule is COc1csc(C(Cl)Cc2ncccc2C)c1. The Kier molecular flexibility index (Phi) is 4.02. The van der Waals surface area contributed by atoms with Gasteiger partial charge in [-0.1, -0.05) is 6.07 Å². The molecule has 0 aliphatic rings. The van der Waals surface area contributed by atoms with Gasteiger partial charge in [0, 0.05) is 28.6 Å². The van der Waals surface area contributed by atoms with Gasteiger partial charge in [0.05, 0.1) is 12.5 Å². The molecule has 0 bridgehead atoms. The van der Waals surface area contributed by atoms with E-state index in [9.17, 15) is 0 Å². The van der Waals surface area contributed by atoms with Crippen LogP contribution in [0.1, 0.15) is 21.5 Å². The van der Waals surface area contributed by atoms with Crippen molar-refractivity contribution < 1.29 is 4.74 Å². The molecule has 4 heteroatoms. The molecule has 0 aromatic carbocycles. The zero-order chi connectivity index (χ0) is 12.3. The number of aromatic nitrogens is 1. The number of aryl methyl sites for hydroxylation is 1. The van der Waals surface area contributed by atoms with Crippen LogP contribution in [0.15, 0.2) is 29.8 Å². The Morgan fingerprint density at radius 2 is 2.35 bits per heavy atom. The molecule has 0 saturated carbocycles. The van der Waals surface area contributed by atoms with E-state index < -0.39 is 0 Å². The highest BCUT2D eigenvalue weighted by atomic mass is 35.5. The lowest BCUT2D eigenvalue weighted by Crippen LogP contribution is -1.98. The van der Waals surface area contributed by atoms with Crippen LogP contribution >= 0.6 is 22.9 Å². The molecule has 0 radical (unpaired) electrons. The van der Waals surface area contributed by atoms with Crippen molar-refractivity contribution in [3.05, 3.63) is 45.9 Å². The van der Waals surface area contributed by atoms with Crippen LogP contribution in [0.2, 0.25) is 0 Å². The minimum atomic E-state index is -0.0440. The van der Waals surface area contributed by atoms with Crippen molar-refractivity contribution in [3.63, 3.8) is 0 Å². The maximum Gasteiger partial charge on any atom is 0.129 e. The van der Waals surface area contributed by atoms with Crippen molar-refractivity contribution in [2.24, 2.45) is 0 Å². The van der Waals surface area contributed by atoms with E-state index in [1.54, 1.807) is 24.6 Å². The molecule has 0 fully saturated rings. The summed E-state index contributed by atoms with van der Waals surface area (Å²) in [4.78, 5) is 5.48. The summed E-state index contributed by atoms with van der Waals surface area (Å²) in [6.07, 6.45) is 2.55. The van der Waals surface area contributed by atoms with Crippen LogP contribution in [-0.2, 0) is 6.42 Å². The van der Waals surface area contributed by atoms with Crippen LogP contribution in [0.3, 0.4) is 0 Å². The first-order chi connectivity index (χ1) is 8.20. The predicted octanol–water partition coefficient (Wildman–Crippen LogP) is 3.98. The zero-order valence-electron chi connectivity index (χ0n) is 9.81. The van der Waals surface area contributed by atoms with Crippen LogP contribution in [0.5, 0.6) is 5.75 Å². The van der Waals surface area contributed by atoms with Crippen LogP contribution in [-0.4, -0.2) is 12.1 Å². The van der Waals surface area contributed by atoms with Gasteiger partial charge in [-0.2, -0.15) is 0 Å². The molecule has 90 valence electrons. The van der Waals surface area contributed by atoms with Crippen LogP contribution in [0.25, 0.3) is 0 Å². The van der Waals surface area contributed by atoms with Gasteiger partial charge in [0.2, 0.25) is 0 Å². The number of alkyl halides is 1. The standard InChI is InChI=1S/C13H14ClNOS/c1-9-4-3-5-15-12(9)7-11(14)13-6-10(16-2)8-17-13/h3-6,8,11H,7H2,1-2H3. The van der Waals surface area contributed by atoms with E-state index >= 15 is 0 Å². The Morgan fingerprint density at radius 3 is 3.00 bits per heavy atom. The molecule has 0 aliphatic heterocycles. The normalized spacial score (nSPS) is 12.4. The molecule has 2 rings (SSSR count). The van der Waals surface area contributed by atoms with Crippen LogP contribution in [0.4, 0.5) is 0 Å². The highest BCUT2D eigenvalue weighted by Gasteiger charge is 2.13. The van der Waals surface area contributed by atoms with E-state index in [0.717, 1.165) is 22.7 Å². The predicted molar refractivity (Wildman–Crippen MR) is 72.1 cm³/mol. The lowest BCUT2D eigenvalue weighted by Gasteiger charge is -2.08. The largest absolute Gasteiger partial charge is 0.496 e. The second-order valence-electron chi connectivity index (χ2n) is 3.83. The molecule has 17 heavy (non-hydrogen) atoms. The van der Waals surface area contributed by atoms with E-state index in [4.69, 9.17) is 16.3 Å². The van der Waals surface area contributed by atoms with Crippen LogP contribution < -0.4 is 4.74 Å². The fraction of sp³-hybridized carbons (Fsp3) is 0.308. The Hall–Kier alpha value is -1.06. The van der Waals surface area contributed by atoms with Gasteiger partial charge in [-0.05, 0) is 24.6 Å². The summed E-state index contributed by atoms with van der Waals surface area (Å²) in [6, 6.07) is 5.98. The number of halogens is 1. The molecule has 0 spiro atoms. The van der Waals surface area contributed by atoms with Gasteiger partial charge in [-0.15, -0.1) is 22.9 Å². The second kappa shape index (κ2) is 5.52. The first-order valence-electron chi connectivity index (χ1n) is 5.37. The van der Waals surface area contributed by atoms with E-state index in [-0.39, 0.29) is 5.38 Å². The molecule has 0 amide bonds. The smallest absolute Gasteiger partial charge is 0.129 e. The highest BCUT2D eigenvalue weighted by molar-refractivity contribution is 7.10. The highest BCUT2D eigenvalue weighted by Crippen LogP contribution is 2.33. The van der Waals surface area contributed by atoms with Crippen molar-refractivity contribution in [2.45, 2.75) is 18.7 Å².